The monoisotopic (exact) mass is 480 g/mol. The van der Waals surface area contributed by atoms with Crippen molar-refractivity contribution >= 4 is 17.8 Å². The summed E-state index contributed by atoms with van der Waals surface area (Å²) in [5, 5.41) is 6.07. The maximum absolute atomic E-state index is 11.5. The average molecular weight is 481 g/mol. The first-order valence-corrected chi connectivity index (χ1v) is 12.6. The minimum atomic E-state index is -0.473. The molecule has 7 nitrogen and oxygen atoms in total. The van der Waals surface area contributed by atoms with Gasteiger partial charge >= 0.3 is 11.9 Å². The lowest BCUT2D eigenvalue weighted by atomic mass is 10.1. The molecule has 0 saturated heterocycles. The van der Waals surface area contributed by atoms with Crippen molar-refractivity contribution in [2.24, 2.45) is 0 Å². The van der Waals surface area contributed by atoms with Crippen LogP contribution in [0.15, 0.2) is 37.0 Å². The van der Waals surface area contributed by atoms with E-state index in [1.165, 1.54) is 32.1 Å². The highest BCUT2D eigenvalue weighted by atomic mass is 16.5. The first-order valence-electron chi connectivity index (χ1n) is 12.6. The molecule has 2 N–H and O–H groups in total. The number of ether oxygens (including phenoxy) is 2. The molecule has 0 atom stereocenters. The van der Waals surface area contributed by atoms with Crippen LogP contribution in [0.1, 0.15) is 85.0 Å². The van der Waals surface area contributed by atoms with Gasteiger partial charge in [0.2, 0.25) is 5.91 Å². The van der Waals surface area contributed by atoms with Crippen LogP contribution in [0, 0.1) is 0 Å². The van der Waals surface area contributed by atoms with Gasteiger partial charge in [-0.05, 0) is 39.3 Å². The van der Waals surface area contributed by atoms with Crippen LogP contribution >= 0.6 is 0 Å². The highest BCUT2D eigenvalue weighted by Gasteiger charge is 2.08. The van der Waals surface area contributed by atoms with E-state index < -0.39 is 11.9 Å². The van der Waals surface area contributed by atoms with E-state index >= 15 is 0 Å². The first kappa shape index (κ1) is 33.8. The molecule has 0 rings (SSSR count). The average Bonchev–Trinajstić information content (AvgIpc) is 2.82. The second-order valence-electron chi connectivity index (χ2n) is 8.12. The number of nitrogens with one attached hydrogen (secondary N) is 2. The van der Waals surface area contributed by atoms with E-state index in [0.29, 0.717) is 24.0 Å². The molecule has 1 amide bonds. The second-order valence-corrected chi connectivity index (χ2v) is 8.12. The summed E-state index contributed by atoms with van der Waals surface area (Å²) in [4.78, 5) is 33.4. The third-order valence-corrected chi connectivity index (χ3v) is 4.74. The molecule has 0 aliphatic rings. The Hall–Kier alpha value is -2.41. The van der Waals surface area contributed by atoms with E-state index in [9.17, 15) is 14.4 Å². The predicted octanol–water partition coefficient (Wildman–Crippen LogP) is 5.02. The van der Waals surface area contributed by atoms with Crippen LogP contribution in [0.3, 0.4) is 0 Å². The summed E-state index contributed by atoms with van der Waals surface area (Å²) in [6.45, 7) is 19.5. The number of carbonyl (C=O) groups excluding carboxylic acids is 3. The van der Waals surface area contributed by atoms with Crippen molar-refractivity contribution in [2.45, 2.75) is 85.0 Å². The van der Waals surface area contributed by atoms with E-state index in [1.807, 2.05) is 0 Å². The van der Waals surface area contributed by atoms with E-state index in [-0.39, 0.29) is 19.1 Å². The minimum absolute atomic E-state index is 0.0152. The number of rotatable bonds is 20. The van der Waals surface area contributed by atoms with Crippen LogP contribution < -0.4 is 10.6 Å². The number of hydrogen-bond donors (Lipinski definition) is 2. The Morgan fingerprint density at radius 1 is 0.794 bits per heavy atom. The van der Waals surface area contributed by atoms with Gasteiger partial charge in [-0.3, -0.25) is 4.79 Å². The van der Waals surface area contributed by atoms with E-state index in [4.69, 9.17) is 9.47 Å². The number of carbonyl (C=O) groups is 3. The van der Waals surface area contributed by atoms with Crippen LogP contribution in [0.25, 0.3) is 0 Å². The van der Waals surface area contributed by atoms with Crippen LogP contribution in [-0.2, 0) is 23.9 Å². The summed E-state index contributed by atoms with van der Waals surface area (Å²) < 4.78 is 9.77. The molecular weight excluding hydrogens is 432 g/mol. The first-order chi connectivity index (χ1) is 16.3. The number of unbranched alkanes of at least 4 members (excludes halogenated alkanes) is 6. The molecule has 0 aliphatic carbocycles. The van der Waals surface area contributed by atoms with Gasteiger partial charge in [-0.1, -0.05) is 72.1 Å². The topological polar surface area (TPSA) is 93.7 Å². The molecule has 0 aromatic heterocycles. The Kier molecular flexibility index (Phi) is 25.0. The fraction of sp³-hybridized carbons (Fsp3) is 0.667. The lowest BCUT2D eigenvalue weighted by Crippen LogP contribution is -2.24. The molecule has 0 bridgehead atoms. The summed E-state index contributed by atoms with van der Waals surface area (Å²) in [6, 6.07) is 0. The maximum atomic E-state index is 11.5. The van der Waals surface area contributed by atoms with E-state index in [2.05, 4.69) is 44.2 Å². The third-order valence-electron chi connectivity index (χ3n) is 4.74. The lowest BCUT2D eigenvalue weighted by molar-refractivity contribution is -0.141. The molecule has 0 fully saturated rings. The standard InChI is InChI=1S/C15H25NO4.C12H23NO/c1-4-6-9-16-10-8-13(3)15(18)20-12-7-11-19-14(17)5-2;1-4-5-6-7-8-9-10-13-12(14)11(2)3/h5,16H,2-4,6-12H2,1H3;2,4-10H2,1,3H3,(H,13,14). The van der Waals surface area contributed by atoms with Crippen molar-refractivity contribution in [3.63, 3.8) is 0 Å². The van der Waals surface area contributed by atoms with Gasteiger partial charge in [0.25, 0.3) is 0 Å². The van der Waals surface area contributed by atoms with Crippen LogP contribution in [0.5, 0.6) is 0 Å². The Balaban J connectivity index is 0. The number of amides is 1. The molecule has 0 unspecified atom stereocenters. The van der Waals surface area contributed by atoms with Crippen molar-refractivity contribution in [3.8, 4) is 0 Å². The normalized spacial score (nSPS) is 9.85. The molecule has 0 saturated carbocycles. The fourth-order valence-corrected chi connectivity index (χ4v) is 2.58. The van der Waals surface area contributed by atoms with Gasteiger partial charge in [0.05, 0.1) is 13.2 Å². The zero-order chi connectivity index (χ0) is 26.0. The summed E-state index contributed by atoms with van der Waals surface area (Å²) in [6.07, 6.45) is 11.9. The number of esters is 2. The van der Waals surface area contributed by atoms with Crippen molar-refractivity contribution in [3.05, 3.63) is 37.0 Å². The van der Waals surface area contributed by atoms with Crippen molar-refractivity contribution in [1.29, 1.82) is 0 Å². The van der Waals surface area contributed by atoms with E-state index in [1.54, 1.807) is 6.92 Å². The zero-order valence-corrected chi connectivity index (χ0v) is 21.8. The largest absolute Gasteiger partial charge is 0.462 e. The maximum Gasteiger partial charge on any atom is 0.333 e. The number of hydrogen-bond acceptors (Lipinski definition) is 6. The quantitative estimate of drug-likeness (QED) is 0.144. The van der Waals surface area contributed by atoms with Crippen LogP contribution in [-0.4, -0.2) is 50.7 Å². The van der Waals surface area contributed by atoms with Gasteiger partial charge in [0.1, 0.15) is 0 Å². The highest BCUT2D eigenvalue weighted by Crippen LogP contribution is 2.04. The predicted molar refractivity (Wildman–Crippen MR) is 139 cm³/mol. The fourth-order valence-electron chi connectivity index (χ4n) is 2.58. The minimum Gasteiger partial charge on any atom is -0.462 e. The molecule has 34 heavy (non-hydrogen) atoms. The van der Waals surface area contributed by atoms with Gasteiger partial charge in [-0.15, -0.1) is 0 Å². The SMILES string of the molecule is C=C(C)C(=O)NCCCCCCCC.C=CC(=O)OCCCOC(=O)C(=C)CCNCCCC. The lowest BCUT2D eigenvalue weighted by Gasteiger charge is -2.08. The summed E-state index contributed by atoms with van der Waals surface area (Å²) in [7, 11) is 0. The second kappa shape index (κ2) is 25.2. The van der Waals surface area contributed by atoms with Gasteiger partial charge in [0, 0.05) is 30.2 Å². The van der Waals surface area contributed by atoms with Gasteiger partial charge in [-0.25, -0.2) is 9.59 Å². The molecule has 0 heterocycles. The van der Waals surface area contributed by atoms with E-state index in [0.717, 1.165) is 45.0 Å². The molecular formula is C27H48N2O5. The molecule has 0 aromatic rings. The Bertz CT molecular complexity index is 602. The molecule has 0 aliphatic heterocycles. The Morgan fingerprint density at radius 3 is 2.03 bits per heavy atom. The van der Waals surface area contributed by atoms with Crippen molar-refractivity contribution in [2.75, 3.05) is 32.8 Å². The van der Waals surface area contributed by atoms with Crippen molar-refractivity contribution in [1.82, 2.24) is 10.6 Å². The summed E-state index contributed by atoms with van der Waals surface area (Å²) >= 11 is 0. The molecule has 0 radical (unpaired) electrons. The van der Waals surface area contributed by atoms with Gasteiger partial charge < -0.3 is 20.1 Å². The summed E-state index contributed by atoms with van der Waals surface area (Å²) in [5.74, 6) is -0.880. The highest BCUT2D eigenvalue weighted by molar-refractivity contribution is 5.92. The molecule has 0 spiro atoms. The molecule has 7 heteroatoms. The Morgan fingerprint density at radius 2 is 1.41 bits per heavy atom. The van der Waals surface area contributed by atoms with Crippen molar-refractivity contribution < 1.29 is 23.9 Å². The Labute approximate surface area is 207 Å². The van der Waals surface area contributed by atoms with Gasteiger partial charge in [0.15, 0.2) is 0 Å². The third kappa shape index (κ3) is 24.2. The summed E-state index contributed by atoms with van der Waals surface area (Å²) in [5.41, 5.74) is 1.05. The zero-order valence-electron chi connectivity index (χ0n) is 21.8. The molecule has 196 valence electrons. The molecule has 0 aromatic carbocycles. The smallest absolute Gasteiger partial charge is 0.333 e. The van der Waals surface area contributed by atoms with Crippen LogP contribution in [0.4, 0.5) is 0 Å². The van der Waals surface area contributed by atoms with Crippen LogP contribution in [0.2, 0.25) is 0 Å². The van der Waals surface area contributed by atoms with Gasteiger partial charge in [-0.2, -0.15) is 0 Å².